The molecule has 7 heteroatoms. The highest BCUT2D eigenvalue weighted by Crippen LogP contribution is 2.21. The molecule has 0 bridgehead atoms. The Kier molecular flexibility index (Phi) is 18.0. The van der Waals surface area contributed by atoms with Crippen LogP contribution >= 0.6 is 11.8 Å². The van der Waals surface area contributed by atoms with Gasteiger partial charge in [-0.2, -0.15) is 0 Å². The molecule has 0 radical (unpaired) electrons. The van der Waals surface area contributed by atoms with Crippen molar-refractivity contribution in [2.24, 2.45) is 5.73 Å². The van der Waals surface area contributed by atoms with E-state index in [0.717, 1.165) is 12.8 Å². The van der Waals surface area contributed by atoms with Gasteiger partial charge in [-0.15, -0.1) is 11.8 Å². The zero-order chi connectivity index (χ0) is 22.6. The van der Waals surface area contributed by atoms with Gasteiger partial charge in [0.1, 0.15) is 6.04 Å². The van der Waals surface area contributed by atoms with Crippen LogP contribution in [-0.4, -0.2) is 50.4 Å². The van der Waals surface area contributed by atoms with Crippen LogP contribution in [0.1, 0.15) is 58.3 Å². The molecule has 6 nitrogen and oxygen atoms in total. The lowest BCUT2D eigenvalue weighted by Crippen LogP contribution is -2.34. The summed E-state index contributed by atoms with van der Waals surface area (Å²) in [4.78, 5) is 21.5. The Balaban J connectivity index is 4.51. The van der Waals surface area contributed by atoms with E-state index < -0.39 is 24.1 Å². The highest BCUT2D eigenvalue weighted by molar-refractivity contribution is 8.00. The number of carboxylic acids is 2. The van der Waals surface area contributed by atoms with Gasteiger partial charge in [-0.1, -0.05) is 68.4 Å². The van der Waals surface area contributed by atoms with Crippen molar-refractivity contribution in [1.29, 1.82) is 0 Å². The van der Waals surface area contributed by atoms with Crippen molar-refractivity contribution >= 4 is 23.7 Å². The number of hydrogen-bond acceptors (Lipinski definition) is 5. The summed E-state index contributed by atoms with van der Waals surface area (Å²) in [6.07, 6.45) is 21.3. The predicted molar refractivity (Wildman–Crippen MR) is 125 cm³/mol. The number of aliphatic hydroxyl groups is 1. The molecule has 0 spiro atoms. The maximum absolute atomic E-state index is 10.9. The topological polar surface area (TPSA) is 121 Å². The molecule has 0 heterocycles. The van der Waals surface area contributed by atoms with Crippen molar-refractivity contribution in [3.8, 4) is 0 Å². The molecule has 30 heavy (non-hydrogen) atoms. The van der Waals surface area contributed by atoms with E-state index in [-0.39, 0.29) is 17.4 Å². The maximum Gasteiger partial charge on any atom is 0.321 e. The Morgan fingerprint density at radius 1 is 1.00 bits per heavy atom. The van der Waals surface area contributed by atoms with Gasteiger partial charge in [0, 0.05) is 17.4 Å². The molecule has 0 aromatic carbocycles. The van der Waals surface area contributed by atoms with E-state index in [9.17, 15) is 14.7 Å². The molecule has 170 valence electrons. The number of allylic oxidation sites excluding steroid dienone is 7. The zero-order valence-corrected chi connectivity index (χ0v) is 18.7. The molecule has 0 aliphatic rings. The SMILES string of the molecule is CCCCC/C=C\C/C=C/C=C/C=C/[C@@H](SC[C@H](N)C(=O)O)[C@H](O)CCCC(=O)O. The lowest BCUT2D eigenvalue weighted by Gasteiger charge is -2.20. The van der Waals surface area contributed by atoms with Crippen LogP contribution in [0.25, 0.3) is 0 Å². The number of nitrogens with two attached hydrogens (primary N) is 1. The van der Waals surface area contributed by atoms with E-state index in [1.807, 2.05) is 18.2 Å². The molecule has 3 atom stereocenters. The van der Waals surface area contributed by atoms with Crippen LogP contribution in [-0.2, 0) is 9.59 Å². The van der Waals surface area contributed by atoms with E-state index in [2.05, 4.69) is 25.2 Å². The standard InChI is InChI=1S/C23H37NO5S/c1-2-3-4-5-6-7-8-9-10-11-12-13-16-21(30-18-19(24)23(28)29)20(25)15-14-17-22(26)27/h6-7,9-13,16,19-21,25H,2-5,8,14-15,17-18,24H2,1H3,(H,26,27)(H,28,29)/b7-6-,10-9+,12-11+,16-13+/t19-,20+,21+/m0/s1. The summed E-state index contributed by atoms with van der Waals surface area (Å²) in [5.41, 5.74) is 5.54. The number of aliphatic hydroxyl groups excluding tert-OH is 1. The van der Waals surface area contributed by atoms with E-state index in [0.29, 0.717) is 12.8 Å². The predicted octanol–water partition coefficient (Wildman–Crippen LogP) is 4.31. The fourth-order valence-corrected chi connectivity index (χ4v) is 3.60. The molecular weight excluding hydrogens is 402 g/mol. The van der Waals surface area contributed by atoms with Gasteiger partial charge in [-0.3, -0.25) is 9.59 Å². The van der Waals surface area contributed by atoms with Crippen molar-refractivity contribution in [3.05, 3.63) is 48.6 Å². The van der Waals surface area contributed by atoms with Gasteiger partial charge in [-0.05, 0) is 32.1 Å². The van der Waals surface area contributed by atoms with Crippen LogP contribution in [0.4, 0.5) is 0 Å². The molecule has 0 saturated carbocycles. The minimum Gasteiger partial charge on any atom is -0.481 e. The Hall–Kier alpha value is -1.83. The second-order valence-corrected chi connectivity index (χ2v) is 8.21. The zero-order valence-electron chi connectivity index (χ0n) is 17.9. The number of carboxylic acid groups (broad SMARTS) is 2. The van der Waals surface area contributed by atoms with E-state index >= 15 is 0 Å². The van der Waals surface area contributed by atoms with Crippen LogP contribution in [0.3, 0.4) is 0 Å². The highest BCUT2D eigenvalue weighted by Gasteiger charge is 2.20. The Morgan fingerprint density at radius 2 is 1.73 bits per heavy atom. The molecule has 0 aromatic heterocycles. The fourth-order valence-electron chi connectivity index (χ4n) is 2.47. The second-order valence-electron chi connectivity index (χ2n) is 7.00. The lowest BCUT2D eigenvalue weighted by atomic mass is 10.1. The smallest absolute Gasteiger partial charge is 0.321 e. The number of unbranched alkanes of at least 4 members (excludes halogenated alkanes) is 3. The van der Waals surface area contributed by atoms with Crippen molar-refractivity contribution in [1.82, 2.24) is 0 Å². The average Bonchev–Trinajstić information content (AvgIpc) is 2.70. The third-order valence-corrected chi connectivity index (χ3v) is 5.65. The third kappa shape index (κ3) is 17.1. The van der Waals surface area contributed by atoms with Crippen molar-refractivity contribution in [3.63, 3.8) is 0 Å². The van der Waals surface area contributed by atoms with Gasteiger partial charge in [-0.25, -0.2) is 0 Å². The summed E-state index contributed by atoms with van der Waals surface area (Å²) < 4.78 is 0. The molecular formula is C23H37NO5S. The normalized spacial score (nSPS) is 15.4. The van der Waals surface area contributed by atoms with Gasteiger partial charge in [0.05, 0.1) is 6.10 Å². The van der Waals surface area contributed by atoms with E-state index in [1.165, 1.54) is 31.0 Å². The Labute approximate surface area is 184 Å². The van der Waals surface area contributed by atoms with Gasteiger partial charge in [0.2, 0.25) is 0 Å². The molecule has 0 aliphatic carbocycles. The van der Waals surface area contributed by atoms with Crippen LogP contribution in [0.2, 0.25) is 0 Å². The third-order valence-electron chi connectivity index (χ3n) is 4.24. The molecule has 5 N–H and O–H groups in total. The lowest BCUT2D eigenvalue weighted by molar-refractivity contribution is -0.138. The number of thioether (sulfide) groups is 1. The fraction of sp³-hybridized carbons (Fsp3) is 0.565. The molecule has 0 saturated heterocycles. The minimum absolute atomic E-state index is 0.00938. The molecule has 0 aromatic rings. The molecule has 0 aliphatic heterocycles. The summed E-state index contributed by atoms with van der Waals surface area (Å²) in [5.74, 6) is -1.83. The summed E-state index contributed by atoms with van der Waals surface area (Å²) in [6, 6.07) is -1.01. The van der Waals surface area contributed by atoms with Gasteiger partial charge in [0.15, 0.2) is 0 Å². The maximum atomic E-state index is 10.9. The minimum atomic E-state index is -1.09. The summed E-state index contributed by atoms with van der Waals surface area (Å²) in [7, 11) is 0. The summed E-state index contributed by atoms with van der Waals surface area (Å²) in [5, 5.41) is 27.6. The van der Waals surface area contributed by atoms with E-state index in [1.54, 1.807) is 12.2 Å². The van der Waals surface area contributed by atoms with Crippen LogP contribution in [0, 0.1) is 0 Å². The average molecular weight is 440 g/mol. The summed E-state index contributed by atoms with van der Waals surface area (Å²) in [6.45, 7) is 2.19. The monoisotopic (exact) mass is 439 g/mol. The molecule has 0 amide bonds. The van der Waals surface area contributed by atoms with Crippen LogP contribution in [0.15, 0.2) is 48.6 Å². The first kappa shape index (κ1) is 28.2. The number of hydrogen-bond donors (Lipinski definition) is 4. The Bertz CT molecular complexity index is 586. The number of rotatable bonds is 18. The molecule has 0 rings (SSSR count). The number of aliphatic carboxylic acids is 2. The van der Waals surface area contributed by atoms with Gasteiger partial charge in [0.25, 0.3) is 0 Å². The van der Waals surface area contributed by atoms with Crippen LogP contribution in [0.5, 0.6) is 0 Å². The van der Waals surface area contributed by atoms with Crippen LogP contribution < -0.4 is 5.73 Å². The van der Waals surface area contributed by atoms with Crippen molar-refractivity contribution < 1.29 is 24.9 Å². The number of carbonyl (C=O) groups is 2. The second kappa shape index (κ2) is 19.2. The van der Waals surface area contributed by atoms with Gasteiger partial charge >= 0.3 is 11.9 Å². The highest BCUT2D eigenvalue weighted by atomic mass is 32.2. The van der Waals surface area contributed by atoms with E-state index in [4.69, 9.17) is 15.9 Å². The van der Waals surface area contributed by atoms with Crippen molar-refractivity contribution in [2.75, 3.05) is 5.75 Å². The Morgan fingerprint density at radius 3 is 2.40 bits per heavy atom. The summed E-state index contributed by atoms with van der Waals surface area (Å²) >= 11 is 1.26. The largest absolute Gasteiger partial charge is 0.481 e. The van der Waals surface area contributed by atoms with Crippen molar-refractivity contribution in [2.45, 2.75) is 75.7 Å². The quantitative estimate of drug-likeness (QED) is 0.143. The first-order chi connectivity index (χ1) is 14.4. The first-order valence-electron chi connectivity index (χ1n) is 10.5. The first-order valence-corrected chi connectivity index (χ1v) is 11.6. The molecule has 0 unspecified atom stereocenters. The van der Waals surface area contributed by atoms with Gasteiger partial charge < -0.3 is 21.1 Å². The molecule has 0 fully saturated rings.